The monoisotopic (exact) mass is 158 g/mol. The second kappa shape index (κ2) is 12.2. The van der Waals surface area contributed by atoms with Gasteiger partial charge in [0.15, 0.2) is 0 Å². The first kappa shape index (κ1) is 13.1. The van der Waals surface area contributed by atoms with E-state index in [1.165, 1.54) is 0 Å². The molecule has 3 nitrogen and oxygen atoms in total. The first-order valence-corrected chi connectivity index (χ1v) is 2.56. The van der Waals surface area contributed by atoms with Crippen LogP contribution in [0.2, 0.25) is 0 Å². The molecule has 0 fully saturated rings. The van der Waals surface area contributed by atoms with Crippen LogP contribution in [0.5, 0.6) is 0 Å². The fourth-order valence-corrected chi connectivity index (χ4v) is 0.303. The molecule has 0 aliphatic carbocycles. The maximum Gasteiger partial charge on any atom is 1.00 e. The fourth-order valence-electron chi connectivity index (χ4n) is 0.303. The van der Waals surface area contributed by atoms with Crippen LogP contribution >= 0.6 is 0 Å². The Morgan fingerprint density at radius 3 is 2.33 bits per heavy atom. The Labute approximate surface area is 98.1 Å². The van der Waals surface area contributed by atoms with Gasteiger partial charge >= 0.3 is 51.4 Å². The van der Waals surface area contributed by atoms with Crippen LogP contribution in [0, 0.1) is 0 Å². The van der Waals surface area contributed by atoms with E-state index >= 15 is 0 Å². The third-order valence-electron chi connectivity index (χ3n) is 0.659. The minimum atomic E-state index is -0.163. The van der Waals surface area contributed by atoms with Crippen molar-refractivity contribution in [3.05, 3.63) is 0 Å². The molecular formula is C5H11KO3. The summed E-state index contributed by atoms with van der Waals surface area (Å²) in [4.78, 5) is 0. The largest absolute Gasteiger partial charge is 1.00 e. The molecule has 50 valence electrons. The van der Waals surface area contributed by atoms with Gasteiger partial charge in [0.2, 0.25) is 0 Å². The predicted molar refractivity (Wildman–Crippen MR) is 27.6 cm³/mol. The number of hydrogen-bond acceptors (Lipinski definition) is 3. The quantitative estimate of drug-likeness (QED) is 0.303. The average Bonchev–Trinajstić information content (AvgIpc) is 1.81. The van der Waals surface area contributed by atoms with Gasteiger partial charge in [-0.25, -0.2) is 0 Å². The molecule has 0 N–H and O–H groups in total. The molecule has 0 saturated heterocycles. The van der Waals surface area contributed by atoms with Gasteiger partial charge in [0.25, 0.3) is 0 Å². The number of ether oxygens (including phenoxy) is 2. The SMILES string of the molecule is COCCOCC[O-].[K+]. The molecule has 0 aromatic carbocycles. The smallest absolute Gasteiger partial charge is 0.853 e. The molecule has 0 aliphatic rings. The van der Waals surface area contributed by atoms with Gasteiger partial charge in [-0.1, -0.05) is 0 Å². The molecule has 0 unspecified atom stereocenters. The van der Waals surface area contributed by atoms with Crippen molar-refractivity contribution in [2.45, 2.75) is 0 Å². The second-order valence-electron chi connectivity index (χ2n) is 1.31. The van der Waals surface area contributed by atoms with Crippen LogP contribution in [-0.4, -0.2) is 33.5 Å². The third-order valence-corrected chi connectivity index (χ3v) is 0.659. The van der Waals surface area contributed by atoms with Crippen LogP contribution in [-0.2, 0) is 9.47 Å². The van der Waals surface area contributed by atoms with Crippen molar-refractivity contribution in [3.8, 4) is 0 Å². The van der Waals surface area contributed by atoms with Gasteiger partial charge in [0.1, 0.15) is 0 Å². The molecule has 0 heterocycles. The summed E-state index contributed by atoms with van der Waals surface area (Å²) in [6, 6.07) is 0. The Kier molecular flexibility index (Phi) is 17.8. The Balaban J connectivity index is 0. The van der Waals surface area contributed by atoms with Gasteiger partial charge in [-0.3, -0.25) is 0 Å². The van der Waals surface area contributed by atoms with Crippen molar-refractivity contribution in [2.24, 2.45) is 0 Å². The molecular weight excluding hydrogens is 147 g/mol. The summed E-state index contributed by atoms with van der Waals surface area (Å²) in [5, 5.41) is 9.73. The van der Waals surface area contributed by atoms with Crippen LogP contribution in [0.1, 0.15) is 0 Å². The van der Waals surface area contributed by atoms with Gasteiger partial charge in [-0.05, 0) is 0 Å². The molecule has 0 saturated carbocycles. The van der Waals surface area contributed by atoms with Crippen molar-refractivity contribution in [2.75, 3.05) is 33.5 Å². The van der Waals surface area contributed by atoms with Crippen molar-refractivity contribution in [1.29, 1.82) is 0 Å². The molecule has 0 rings (SSSR count). The maximum atomic E-state index is 9.73. The first-order valence-electron chi connectivity index (χ1n) is 2.56. The molecule has 0 atom stereocenters. The van der Waals surface area contributed by atoms with Crippen LogP contribution in [0.15, 0.2) is 0 Å². The normalized spacial score (nSPS) is 8.67. The number of rotatable bonds is 5. The molecule has 0 aromatic heterocycles. The zero-order chi connectivity index (χ0) is 6.24. The summed E-state index contributed by atoms with van der Waals surface area (Å²) >= 11 is 0. The molecule has 0 bridgehead atoms. The van der Waals surface area contributed by atoms with Crippen LogP contribution in [0.4, 0.5) is 0 Å². The Morgan fingerprint density at radius 2 is 1.89 bits per heavy atom. The van der Waals surface area contributed by atoms with E-state index in [2.05, 4.69) is 4.74 Å². The Bertz CT molecular complexity index is 37.2. The summed E-state index contributed by atoms with van der Waals surface area (Å²) in [6.07, 6.45) is 0. The van der Waals surface area contributed by atoms with Gasteiger partial charge in [-0.15, -0.1) is 6.61 Å². The third kappa shape index (κ3) is 12.7. The van der Waals surface area contributed by atoms with Gasteiger partial charge in [0, 0.05) is 13.7 Å². The summed E-state index contributed by atoms with van der Waals surface area (Å²) < 4.78 is 9.45. The van der Waals surface area contributed by atoms with Crippen molar-refractivity contribution in [3.63, 3.8) is 0 Å². The molecule has 0 radical (unpaired) electrons. The summed E-state index contributed by atoms with van der Waals surface area (Å²) in [5.74, 6) is 0. The standard InChI is InChI=1S/C5H11O3.K/c1-7-4-5-8-3-2-6;/h2-5H2,1H3;/q-1;+1. The molecule has 9 heavy (non-hydrogen) atoms. The van der Waals surface area contributed by atoms with E-state index in [1.54, 1.807) is 7.11 Å². The Hall–Kier alpha value is 1.52. The number of hydrogen-bond donors (Lipinski definition) is 0. The van der Waals surface area contributed by atoms with E-state index < -0.39 is 0 Å². The van der Waals surface area contributed by atoms with Crippen LogP contribution in [0.3, 0.4) is 0 Å². The second-order valence-corrected chi connectivity index (χ2v) is 1.31. The molecule has 0 aliphatic heterocycles. The molecule has 4 heteroatoms. The summed E-state index contributed by atoms with van der Waals surface area (Å²) in [7, 11) is 1.60. The van der Waals surface area contributed by atoms with Gasteiger partial charge < -0.3 is 14.6 Å². The summed E-state index contributed by atoms with van der Waals surface area (Å²) in [6.45, 7) is 1.23. The topological polar surface area (TPSA) is 41.5 Å². The average molecular weight is 158 g/mol. The van der Waals surface area contributed by atoms with E-state index in [1.807, 2.05) is 0 Å². The zero-order valence-electron chi connectivity index (χ0n) is 6.05. The van der Waals surface area contributed by atoms with Crippen molar-refractivity contribution < 1.29 is 66.0 Å². The summed E-state index contributed by atoms with van der Waals surface area (Å²) in [5.41, 5.74) is 0. The number of methoxy groups -OCH3 is 1. The minimum absolute atomic E-state index is 0. The first-order chi connectivity index (χ1) is 3.91. The van der Waals surface area contributed by atoms with Gasteiger partial charge in [-0.2, -0.15) is 0 Å². The fraction of sp³-hybridized carbons (Fsp3) is 1.00. The predicted octanol–water partition coefficient (Wildman–Crippen LogP) is -3.99. The van der Waals surface area contributed by atoms with Crippen LogP contribution < -0.4 is 56.5 Å². The van der Waals surface area contributed by atoms with E-state index in [0.29, 0.717) is 19.8 Å². The van der Waals surface area contributed by atoms with Crippen LogP contribution in [0.25, 0.3) is 0 Å². The van der Waals surface area contributed by atoms with E-state index in [4.69, 9.17) is 4.74 Å². The molecule has 0 amide bonds. The maximum absolute atomic E-state index is 9.73. The van der Waals surface area contributed by atoms with Crippen molar-refractivity contribution >= 4 is 0 Å². The molecule has 0 aromatic rings. The minimum Gasteiger partial charge on any atom is -0.853 e. The Morgan fingerprint density at radius 1 is 1.22 bits per heavy atom. The van der Waals surface area contributed by atoms with E-state index in [9.17, 15) is 5.11 Å². The van der Waals surface area contributed by atoms with E-state index in [-0.39, 0.29) is 58.0 Å². The molecule has 0 spiro atoms. The zero-order valence-corrected chi connectivity index (χ0v) is 9.18. The van der Waals surface area contributed by atoms with Crippen molar-refractivity contribution in [1.82, 2.24) is 0 Å². The van der Waals surface area contributed by atoms with Gasteiger partial charge in [0.05, 0.1) is 13.2 Å². The van der Waals surface area contributed by atoms with E-state index in [0.717, 1.165) is 0 Å².